The number of carbonyl (C=O) groups excluding carboxylic acids is 1. The third-order valence-electron chi connectivity index (χ3n) is 3.80. The number of rotatable bonds is 8. The Bertz CT molecular complexity index is 1120. The number of carbonyl (C=O) groups is 1. The Morgan fingerprint density at radius 3 is 2.13 bits per heavy atom. The zero-order chi connectivity index (χ0) is 22.6. The van der Waals surface area contributed by atoms with Crippen molar-refractivity contribution < 1.29 is 34.8 Å². The molecular weight excluding hydrogens is 447 g/mol. The summed E-state index contributed by atoms with van der Waals surface area (Å²) in [6.45, 7) is 0.544. The Balaban J connectivity index is 2.17. The number of sulfone groups is 1. The first-order valence-corrected chi connectivity index (χ1v) is 11.3. The molecule has 2 aromatic rings. The number of amides is 1. The molecule has 164 valence electrons. The number of hydrogen-bond donors (Lipinski definition) is 3. The molecule has 8 nitrogen and oxygen atoms in total. The van der Waals surface area contributed by atoms with Crippen molar-refractivity contribution in [2.24, 2.45) is 0 Å². The average molecular weight is 465 g/mol. The molecule has 0 saturated heterocycles. The number of halogens is 3. The van der Waals surface area contributed by atoms with Gasteiger partial charge in [0.15, 0.2) is 0 Å². The summed E-state index contributed by atoms with van der Waals surface area (Å²) in [5, 5.41) is 5.15. The van der Waals surface area contributed by atoms with Crippen molar-refractivity contribution in [2.45, 2.75) is 15.3 Å². The fourth-order valence-corrected chi connectivity index (χ4v) is 4.09. The highest BCUT2D eigenvalue weighted by Crippen LogP contribution is 2.30. The van der Waals surface area contributed by atoms with Crippen LogP contribution < -0.4 is 15.4 Å². The summed E-state index contributed by atoms with van der Waals surface area (Å²) in [5.41, 5.74) is -5.43. The molecule has 0 heterocycles. The monoisotopic (exact) mass is 465 g/mol. The molecule has 2 aromatic carbocycles. The second-order valence-electron chi connectivity index (χ2n) is 5.96. The van der Waals surface area contributed by atoms with Crippen LogP contribution in [-0.2, 0) is 19.9 Å². The molecule has 0 bridgehead atoms. The average Bonchev–Trinajstić information content (AvgIpc) is 2.68. The molecule has 0 atom stereocenters. The van der Waals surface area contributed by atoms with E-state index in [1.807, 2.05) is 0 Å². The van der Waals surface area contributed by atoms with E-state index in [0.29, 0.717) is 18.7 Å². The minimum Gasteiger partial charge on any atom is -0.322 e. The van der Waals surface area contributed by atoms with E-state index >= 15 is 0 Å². The summed E-state index contributed by atoms with van der Waals surface area (Å²) in [7, 11) is -7.68. The Hall–Kier alpha value is -2.48. The molecule has 30 heavy (non-hydrogen) atoms. The Labute approximate surface area is 171 Å². The van der Waals surface area contributed by atoms with Crippen LogP contribution in [0.3, 0.4) is 0 Å². The predicted molar refractivity (Wildman–Crippen MR) is 103 cm³/mol. The number of benzene rings is 2. The van der Waals surface area contributed by atoms with Crippen molar-refractivity contribution in [3.63, 3.8) is 0 Å². The molecule has 2 rings (SSSR count). The van der Waals surface area contributed by atoms with Crippen LogP contribution in [-0.4, -0.2) is 48.4 Å². The van der Waals surface area contributed by atoms with Gasteiger partial charge in [-0.2, -0.15) is 13.2 Å². The molecule has 0 radical (unpaired) electrons. The van der Waals surface area contributed by atoms with E-state index in [1.165, 1.54) is 18.2 Å². The maximum absolute atomic E-state index is 12.6. The Kier molecular flexibility index (Phi) is 7.23. The largest absolute Gasteiger partial charge is 0.501 e. The van der Waals surface area contributed by atoms with Gasteiger partial charge in [0.2, 0.25) is 10.0 Å². The number of nitrogens with one attached hydrogen (secondary N) is 3. The molecule has 0 aromatic heterocycles. The van der Waals surface area contributed by atoms with E-state index in [4.69, 9.17) is 0 Å². The van der Waals surface area contributed by atoms with Crippen molar-refractivity contribution in [3.05, 3.63) is 54.1 Å². The first-order chi connectivity index (χ1) is 13.9. The summed E-state index contributed by atoms with van der Waals surface area (Å²) in [6.07, 6.45) is 0. The molecule has 3 N–H and O–H groups in total. The molecule has 13 heteroatoms. The zero-order valence-electron chi connectivity index (χ0n) is 15.5. The molecule has 0 saturated carbocycles. The van der Waals surface area contributed by atoms with Gasteiger partial charge in [-0.3, -0.25) is 4.79 Å². The standard InChI is InChI=1S/C17H18F3N3O5S2/c1-21-9-10-22-30(27,28)15-4-2-3-12(11-15)16(24)23-13-5-7-14(8-6-13)29(25,26)17(18,19)20/h2-8,11,21-22H,9-10H2,1H3,(H,23,24). The van der Waals surface area contributed by atoms with Crippen LogP contribution in [0.25, 0.3) is 0 Å². The van der Waals surface area contributed by atoms with Crippen LogP contribution in [0, 0.1) is 0 Å². The quantitative estimate of drug-likeness (QED) is 0.511. The smallest absolute Gasteiger partial charge is 0.322 e. The Morgan fingerprint density at radius 1 is 0.933 bits per heavy atom. The lowest BCUT2D eigenvalue weighted by molar-refractivity contribution is -0.0436. The van der Waals surface area contributed by atoms with E-state index in [2.05, 4.69) is 15.4 Å². The number of sulfonamides is 1. The van der Waals surface area contributed by atoms with Crippen LogP contribution >= 0.6 is 0 Å². The summed E-state index contributed by atoms with van der Waals surface area (Å²) in [6, 6.07) is 8.57. The summed E-state index contributed by atoms with van der Waals surface area (Å²) in [5.74, 6) is -0.728. The van der Waals surface area contributed by atoms with E-state index in [1.54, 1.807) is 7.05 Å². The van der Waals surface area contributed by atoms with Gasteiger partial charge in [0.1, 0.15) is 0 Å². The van der Waals surface area contributed by atoms with Crippen molar-refractivity contribution in [2.75, 3.05) is 25.5 Å². The molecule has 0 aliphatic heterocycles. The van der Waals surface area contributed by atoms with E-state index in [-0.39, 0.29) is 22.7 Å². The molecule has 0 fully saturated rings. The highest BCUT2D eigenvalue weighted by Gasteiger charge is 2.46. The summed E-state index contributed by atoms with van der Waals surface area (Å²) >= 11 is 0. The second kappa shape index (κ2) is 9.12. The first kappa shape index (κ1) is 23.8. The topological polar surface area (TPSA) is 121 Å². The van der Waals surface area contributed by atoms with Gasteiger partial charge in [0, 0.05) is 24.3 Å². The van der Waals surface area contributed by atoms with Crippen molar-refractivity contribution in [3.8, 4) is 0 Å². The van der Waals surface area contributed by atoms with Gasteiger partial charge in [-0.1, -0.05) is 6.07 Å². The van der Waals surface area contributed by atoms with Crippen LogP contribution in [0.4, 0.5) is 18.9 Å². The fourth-order valence-electron chi connectivity index (χ4n) is 2.25. The normalized spacial score (nSPS) is 12.5. The maximum Gasteiger partial charge on any atom is 0.501 e. The van der Waals surface area contributed by atoms with Crippen LogP contribution in [0.1, 0.15) is 10.4 Å². The van der Waals surface area contributed by atoms with E-state index < -0.39 is 36.2 Å². The SMILES string of the molecule is CNCCNS(=O)(=O)c1cccc(C(=O)Nc2ccc(S(=O)(=O)C(F)(F)F)cc2)c1. The van der Waals surface area contributed by atoms with Crippen LogP contribution in [0.15, 0.2) is 58.3 Å². The lowest BCUT2D eigenvalue weighted by Gasteiger charge is -2.10. The van der Waals surface area contributed by atoms with Crippen LogP contribution in [0.5, 0.6) is 0 Å². The van der Waals surface area contributed by atoms with Gasteiger partial charge in [-0.05, 0) is 49.5 Å². The van der Waals surface area contributed by atoms with Gasteiger partial charge >= 0.3 is 5.51 Å². The summed E-state index contributed by atoms with van der Waals surface area (Å²) in [4.78, 5) is 11.3. The van der Waals surface area contributed by atoms with Gasteiger partial charge in [-0.15, -0.1) is 0 Å². The molecule has 0 aliphatic rings. The lowest BCUT2D eigenvalue weighted by atomic mass is 10.2. The van der Waals surface area contributed by atoms with Gasteiger partial charge < -0.3 is 10.6 Å². The fraction of sp³-hybridized carbons (Fsp3) is 0.235. The summed E-state index contributed by atoms with van der Waals surface area (Å²) < 4.78 is 87.2. The lowest BCUT2D eigenvalue weighted by Crippen LogP contribution is -2.30. The minimum atomic E-state index is -5.50. The van der Waals surface area contributed by atoms with Crippen molar-refractivity contribution in [1.82, 2.24) is 10.0 Å². The maximum atomic E-state index is 12.6. The van der Waals surface area contributed by atoms with Gasteiger partial charge in [0.25, 0.3) is 15.7 Å². The molecular formula is C17H18F3N3O5S2. The highest BCUT2D eigenvalue weighted by atomic mass is 32.2. The zero-order valence-corrected chi connectivity index (χ0v) is 17.2. The first-order valence-electron chi connectivity index (χ1n) is 8.35. The number of likely N-dealkylation sites (N-methyl/N-ethyl adjacent to an activating group) is 1. The van der Waals surface area contributed by atoms with E-state index in [9.17, 15) is 34.8 Å². The Morgan fingerprint density at radius 2 is 1.57 bits per heavy atom. The molecule has 0 unspecified atom stereocenters. The van der Waals surface area contributed by atoms with E-state index in [0.717, 1.165) is 18.2 Å². The second-order valence-corrected chi connectivity index (χ2v) is 9.66. The minimum absolute atomic E-state index is 0.0153. The van der Waals surface area contributed by atoms with Crippen molar-refractivity contribution >= 4 is 31.5 Å². The number of hydrogen-bond acceptors (Lipinski definition) is 6. The van der Waals surface area contributed by atoms with Gasteiger partial charge in [-0.25, -0.2) is 21.6 Å². The third kappa shape index (κ3) is 5.56. The highest BCUT2D eigenvalue weighted by molar-refractivity contribution is 7.92. The predicted octanol–water partition coefficient (Wildman–Crippen LogP) is 1.73. The third-order valence-corrected chi connectivity index (χ3v) is 6.76. The van der Waals surface area contributed by atoms with Crippen LogP contribution in [0.2, 0.25) is 0 Å². The molecule has 0 spiro atoms. The molecule has 1 amide bonds. The number of alkyl halides is 3. The van der Waals surface area contributed by atoms with Crippen molar-refractivity contribution in [1.29, 1.82) is 0 Å². The van der Waals surface area contributed by atoms with Gasteiger partial charge in [0.05, 0.1) is 9.79 Å². The number of anilines is 1. The molecule has 0 aliphatic carbocycles.